The van der Waals surface area contributed by atoms with E-state index in [-0.39, 0.29) is 24.6 Å². The first-order chi connectivity index (χ1) is 8.56. The van der Waals surface area contributed by atoms with Crippen molar-refractivity contribution in [3.63, 3.8) is 0 Å². The van der Waals surface area contributed by atoms with Crippen LogP contribution in [0.15, 0.2) is 16.5 Å². The van der Waals surface area contributed by atoms with Crippen molar-refractivity contribution < 1.29 is 23.8 Å². The van der Waals surface area contributed by atoms with Gasteiger partial charge in [0.1, 0.15) is 5.76 Å². The zero-order valence-corrected chi connectivity index (χ0v) is 10.1. The molecule has 1 unspecified atom stereocenters. The number of rotatable bonds is 3. The standard InChI is InChI=1S/C12H15NO5/c1-8-2-3-10(18-8)12(16)13-4-5-17-9(7-13)6-11(14)15/h2-3,9H,4-7H2,1H3,(H,14,15). The van der Waals surface area contributed by atoms with E-state index in [1.165, 1.54) is 0 Å². The van der Waals surface area contributed by atoms with Crippen molar-refractivity contribution in [1.29, 1.82) is 0 Å². The number of carboxylic acid groups (broad SMARTS) is 1. The summed E-state index contributed by atoms with van der Waals surface area (Å²) >= 11 is 0. The zero-order chi connectivity index (χ0) is 13.1. The molecule has 0 aromatic carbocycles. The Labute approximate surface area is 104 Å². The van der Waals surface area contributed by atoms with E-state index in [1.807, 2.05) is 0 Å². The monoisotopic (exact) mass is 253 g/mol. The van der Waals surface area contributed by atoms with Gasteiger partial charge in [-0.15, -0.1) is 0 Å². The number of hydrogen-bond acceptors (Lipinski definition) is 4. The van der Waals surface area contributed by atoms with Crippen molar-refractivity contribution >= 4 is 11.9 Å². The van der Waals surface area contributed by atoms with Crippen LogP contribution in [0.1, 0.15) is 22.7 Å². The van der Waals surface area contributed by atoms with Gasteiger partial charge in [0.05, 0.1) is 19.1 Å². The van der Waals surface area contributed by atoms with Gasteiger partial charge in [0, 0.05) is 13.1 Å². The predicted molar refractivity (Wildman–Crippen MR) is 61.3 cm³/mol. The summed E-state index contributed by atoms with van der Waals surface area (Å²) in [5, 5.41) is 8.71. The number of morpholine rings is 1. The third kappa shape index (κ3) is 2.89. The van der Waals surface area contributed by atoms with Gasteiger partial charge in [0.15, 0.2) is 5.76 Å². The van der Waals surface area contributed by atoms with Crippen LogP contribution in [0.25, 0.3) is 0 Å². The van der Waals surface area contributed by atoms with E-state index >= 15 is 0 Å². The number of ether oxygens (including phenoxy) is 1. The van der Waals surface area contributed by atoms with E-state index < -0.39 is 12.1 Å². The summed E-state index contributed by atoms with van der Waals surface area (Å²) in [4.78, 5) is 24.3. The van der Waals surface area contributed by atoms with E-state index in [9.17, 15) is 9.59 Å². The molecule has 2 heterocycles. The second kappa shape index (κ2) is 5.22. The molecule has 1 aromatic heterocycles. The van der Waals surface area contributed by atoms with E-state index in [0.29, 0.717) is 18.9 Å². The molecular formula is C12H15NO5. The lowest BCUT2D eigenvalue weighted by molar-refractivity contribution is -0.141. The first-order valence-corrected chi connectivity index (χ1v) is 5.75. The molecule has 1 saturated heterocycles. The van der Waals surface area contributed by atoms with Crippen LogP contribution in [-0.2, 0) is 9.53 Å². The van der Waals surface area contributed by atoms with Gasteiger partial charge in [0.2, 0.25) is 0 Å². The van der Waals surface area contributed by atoms with Crippen LogP contribution in [0.5, 0.6) is 0 Å². The largest absolute Gasteiger partial charge is 0.481 e. The quantitative estimate of drug-likeness (QED) is 0.865. The summed E-state index contributed by atoms with van der Waals surface area (Å²) in [5.74, 6) is -0.192. The molecule has 0 aliphatic carbocycles. The maximum atomic E-state index is 12.1. The minimum atomic E-state index is -0.928. The maximum absolute atomic E-state index is 12.1. The predicted octanol–water partition coefficient (Wildman–Crippen LogP) is 0.904. The van der Waals surface area contributed by atoms with Crippen LogP contribution in [-0.4, -0.2) is 47.7 Å². The van der Waals surface area contributed by atoms with Crippen LogP contribution in [0.4, 0.5) is 0 Å². The van der Waals surface area contributed by atoms with Crippen molar-refractivity contribution in [2.45, 2.75) is 19.4 Å². The van der Waals surface area contributed by atoms with Crippen LogP contribution < -0.4 is 0 Å². The molecule has 1 amide bonds. The van der Waals surface area contributed by atoms with Gasteiger partial charge in [-0.3, -0.25) is 9.59 Å². The van der Waals surface area contributed by atoms with Gasteiger partial charge >= 0.3 is 5.97 Å². The number of aryl methyl sites for hydroxylation is 1. The Morgan fingerprint density at radius 2 is 2.28 bits per heavy atom. The zero-order valence-electron chi connectivity index (χ0n) is 10.1. The number of carbonyl (C=O) groups is 2. The third-order valence-corrected chi connectivity index (χ3v) is 2.78. The lowest BCUT2D eigenvalue weighted by Crippen LogP contribution is -2.46. The smallest absolute Gasteiger partial charge is 0.306 e. The Morgan fingerprint density at radius 3 is 2.89 bits per heavy atom. The number of carbonyl (C=O) groups excluding carboxylic acids is 1. The molecule has 6 nitrogen and oxygen atoms in total. The molecule has 1 atom stereocenters. The van der Waals surface area contributed by atoms with Gasteiger partial charge in [0.25, 0.3) is 5.91 Å². The Balaban J connectivity index is 2.00. The molecule has 0 spiro atoms. The number of hydrogen-bond donors (Lipinski definition) is 1. The number of aliphatic carboxylic acids is 1. The van der Waals surface area contributed by atoms with Gasteiger partial charge in [-0.1, -0.05) is 0 Å². The molecular weight excluding hydrogens is 238 g/mol. The van der Waals surface area contributed by atoms with Crippen LogP contribution in [0.3, 0.4) is 0 Å². The van der Waals surface area contributed by atoms with Crippen molar-refractivity contribution in [3.8, 4) is 0 Å². The highest BCUT2D eigenvalue weighted by Gasteiger charge is 2.27. The molecule has 1 N–H and O–H groups in total. The van der Waals surface area contributed by atoms with Crippen LogP contribution >= 0.6 is 0 Å². The van der Waals surface area contributed by atoms with E-state index in [2.05, 4.69) is 0 Å². The van der Waals surface area contributed by atoms with Crippen molar-refractivity contribution in [2.75, 3.05) is 19.7 Å². The average molecular weight is 253 g/mol. The third-order valence-electron chi connectivity index (χ3n) is 2.78. The fourth-order valence-electron chi connectivity index (χ4n) is 1.93. The number of carboxylic acids is 1. The van der Waals surface area contributed by atoms with Crippen LogP contribution in [0, 0.1) is 6.92 Å². The van der Waals surface area contributed by atoms with E-state index in [0.717, 1.165) is 0 Å². The molecule has 2 rings (SSSR count). The molecule has 98 valence electrons. The fraction of sp³-hybridized carbons (Fsp3) is 0.500. The SMILES string of the molecule is Cc1ccc(C(=O)N2CCOC(CC(=O)O)C2)o1. The number of furan rings is 1. The summed E-state index contributed by atoms with van der Waals surface area (Å²) in [7, 11) is 0. The van der Waals surface area contributed by atoms with Gasteiger partial charge in [-0.05, 0) is 19.1 Å². The summed E-state index contributed by atoms with van der Waals surface area (Å²) in [6, 6.07) is 3.35. The summed E-state index contributed by atoms with van der Waals surface area (Å²) in [6.07, 6.45) is -0.544. The Morgan fingerprint density at radius 1 is 1.50 bits per heavy atom. The number of amides is 1. The topological polar surface area (TPSA) is 80.0 Å². The first kappa shape index (κ1) is 12.6. The molecule has 0 saturated carbocycles. The van der Waals surface area contributed by atoms with Gasteiger partial charge in [-0.2, -0.15) is 0 Å². The lowest BCUT2D eigenvalue weighted by atomic mass is 10.2. The minimum absolute atomic E-state index is 0.0963. The molecule has 1 aliphatic rings. The minimum Gasteiger partial charge on any atom is -0.481 e. The molecule has 18 heavy (non-hydrogen) atoms. The summed E-state index contributed by atoms with van der Waals surface area (Å²) in [5.41, 5.74) is 0. The highest BCUT2D eigenvalue weighted by Crippen LogP contribution is 2.14. The van der Waals surface area contributed by atoms with Gasteiger partial charge in [-0.25, -0.2) is 0 Å². The second-order valence-corrected chi connectivity index (χ2v) is 4.25. The molecule has 0 radical (unpaired) electrons. The maximum Gasteiger partial charge on any atom is 0.306 e. The fourth-order valence-corrected chi connectivity index (χ4v) is 1.93. The Kier molecular flexibility index (Phi) is 3.66. The highest BCUT2D eigenvalue weighted by molar-refractivity contribution is 5.91. The van der Waals surface area contributed by atoms with Crippen molar-refractivity contribution in [1.82, 2.24) is 4.90 Å². The molecule has 1 aromatic rings. The molecule has 1 aliphatic heterocycles. The summed E-state index contributed by atoms with van der Waals surface area (Å²) < 4.78 is 10.6. The summed E-state index contributed by atoms with van der Waals surface area (Å²) in [6.45, 7) is 2.85. The molecule has 6 heteroatoms. The second-order valence-electron chi connectivity index (χ2n) is 4.25. The van der Waals surface area contributed by atoms with E-state index in [1.54, 1.807) is 24.0 Å². The van der Waals surface area contributed by atoms with Gasteiger partial charge < -0.3 is 19.2 Å². The van der Waals surface area contributed by atoms with Crippen molar-refractivity contribution in [2.24, 2.45) is 0 Å². The Bertz CT molecular complexity index is 453. The lowest BCUT2D eigenvalue weighted by Gasteiger charge is -2.31. The van der Waals surface area contributed by atoms with Crippen LogP contribution in [0.2, 0.25) is 0 Å². The average Bonchev–Trinajstić information content (AvgIpc) is 2.74. The van der Waals surface area contributed by atoms with E-state index in [4.69, 9.17) is 14.3 Å². The first-order valence-electron chi connectivity index (χ1n) is 5.75. The highest BCUT2D eigenvalue weighted by atomic mass is 16.5. The normalized spacial score (nSPS) is 19.8. The molecule has 1 fully saturated rings. The number of nitrogens with zero attached hydrogens (tertiary/aromatic N) is 1. The molecule has 0 bridgehead atoms. The van der Waals surface area contributed by atoms with Crippen molar-refractivity contribution in [3.05, 3.63) is 23.7 Å². The Hall–Kier alpha value is -1.82.